The third-order valence-corrected chi connectivity index (χ3v) is 5.81. The molecule has 0 amide bonds. The first-order chi connectivity index (χ1) is 14.2. The lowest BCUT2D eigenvalue weighted by molar-refractivity contribution is 0.0600. The number of hydrogen-bond acceptors (Lipinski definition) is 6. The van der Waals surface area contributed by atoms with E-state index in [1.807, 2.05) is 34.3 Å². The van der Waals surface area contributed by atoms with Gasteiger partial charge >= 0.3 is 5.97 Å². The van der Waals surface area contributed by atoms with E-state index in [1.54, 1.807) is 35.9 Å². The molecule has 0 bridgehead atoms. The van der Waals surface area contributed by atoms with Gasteiger partial charge in [-0.05, 0) is 42.7 Å². The Morgan fingerprint density at radius 3 is 2.69 bits per heavy atom. The summed E-state index contributed by atoms with van der Waals surface area (Å²) in [5.41, 5.74) is 2.26. The predicted octanol–water partition coefficient (Wildman–Crippen LogP) is 4.71. The Balaban J connectivity index is 1.67. The first-order valence-corrected chi connectivity index (χ1v) is 10.6. The third kappa shape index (κ3) is 4.56. The van der Waals surface area contributed by atoms with Gasteiger partial charge in [0.1, 0.15) is 5.69 Å². The Morgan fingerprint density at radius 2 is 2.00 bits per heavy atom. The summed E-state index contributed by atoms with van der Waals surface area (Å²) in [5, 5.41) is 6.71. The highest BCUT2D eigenvalue weighted by Gasteiger charge is 2.14. The Bertz CT molecular complexity index is 1040. The zero-order valence-electron chi connectivity index (χ0n) is 16.3. The molecule has 1 aromatic carbocycles. The Hall–Kier alpha value is -2.93. The SMILES string of the molecule is COC(=O)c1ccc(/C=N\n2c(-c3ccco3)csc2=NC2CCCCC2)cc1. The van der Waals surface area contributed by atoms with Crippen LogP contribution < -0.4 is 4.80 Å². The molecule has 0 saturated heterocycles. The topological polar surface area (TPSA) is 69.1 Å². The van der Waals surface area contributed by atoms with Crippen molar-refractivity contribution in [1.82, 2.24) is 4.68 Å². The molecule has 0 aliphatic heterocycles. The first kappa shape index (κ1) is 19.4. The summed E-state index contributed by atoms with van der Waals surface area (Å²) >= 11 is 1.57. The monoisotopic (exact) mass is 409 g/mol. The second-order valence-corrected chi connectivity index (χ2v) is 7.81. The van der Waals surface area contributed by atoms with Crippen LogP contribution in [0.2, 0.25) is 0 Å². The molecule has 150 valence electrons. The second-order valence-electron chi connectivity index (χ2n) is 6.97. The summed E-state index contributed by atoms with van der Waals surface area (Å²) < 4.78 is 12.2. The zero-order valence-corrected chi connectivity index (χ0v) is 17.1. The molecular formula is C22H23N3O3S. The van der Waals surface area contributed by atoms with Crippen LogP contribution >= 0.6 is 11.3 Å². The highest BCUT2D eigenvalue weighted by Crippen LogP contribution is 2.23. The van der Waals surface area contributed by atoms with Crippen LogP contribution in [-0.4, -0.2) is 30.0 Å². The fourth-order valence-electron chi connectivity index (χ4n) is 3.41. The van der Waals surface area contributed by atoms with E-state index in [4.69, 9.17) is 14.1 Å². The third-order valence-electron chi connectivity index (χ3n) is 4.98. The number of benzene rings is 1. The fourth-order valence-corrected chi connectivity index (χ4v) is 4.30. The number of carbonyl (C=O) groups excluding carboxylic acids is 1. The van der Waals surface area contributed by atoms with Gasteiger partial charge in [0.05, 0.1) is 31.2 Å². The molecule has 2 heterocycles. The molecule has 29 heavy (non-hydrogen) atoms. The van der Waals surface area contributed by atoms with Crippen LogP contribution in [0, 0.1) is 0 Å². The van der Waals surface area contributed by atoms with Gasteiger partial charge in [-0.1, -0.05) is 31.4 Å². The number of hydrogen-bond donors (Lipinski definition) is 0. The summed E-state index contributed by atoms with van der Waals surface area (Å²) in [6, 6.07) is 11.3. The molecule has 1 aliphatic carbocycles. The van der Waals surface area contributed by atoms with Gasteiger partial charge in [-0.2, -0.15) is 5.10 Å². The van der Waals surface area contributed by atoms with Crippen molar-refractivity contribution in [3.05, 3.63) is 64.0 Å². The van der Waals surface area contributed by atoms with Gasteiger partial charge in [-0.15, -0.1) is 11.3 Å². The molecule has 1 fully saturated rings. The molecule has 0 spiro atoms. The van der Waals surface area contributed by atoms with Crippen LogP contribution in [0.5, 0.6) is 0 Å². The van der Waals surface area contributed by atoms with Crippen molar-refractivity contribution in [3.63, 3.8) is 0 Å². The van der Waals surface area contributed by atoms with Gasteiger partial charge in [-0.25, -0.2) is 9.47 Å². The van der Waals surface area contributed by atoms with Gasteiger partial charge in [-0.3, -0.25) is 4.99 Å². The first-order valence-electron chi connectivity index (χ1n) is 9.75. The van der Waals surface area contributed by atoms with Crippen LogP contribution in [0.3, 0.4) is 0 Å². The molecule has 6 nitrogen and oxygen atoms in total. The number of thiazole rings is 1. The summed E-state index contributed by atoms with van der Waals surface area (Å²) in [7, 11) is 1.37. The van der Waals surface area contributed by atoms with Gasteiger partial charge in [0.25, 0.3) is 0 Å². The van der Waals surface area contributed by atoms with E-state index < -0.39 is 0 Å². The molecule has 0 unspecified atom stereocenters. The van der Waals surface area contributed by atoms with Crippen LogP contribution in [0.4, 0.5) is 0 Å². The average molecular weight is 410 g/mol. The van der Waals surface area contributed by atoms with Crippen molar-refractivity contribution in [2.45, 2.75) is 38.1 Å². The Kier molecular flexibility index (Phi) is 6.05. The number of ether oxygens (including phenoxy) is 1. The highest BCUT2D eigenvalue weighted by atomic mass is 32.1. The molecule has 0 atom stereocenters. The predicted molar refractivity (Wildman–Crippen MR) is 113 cm³/mol. The molecule has 2 aromatic heterocycles. The van der Waals surface area contributed by atoms with Crippen molar-refractivity contribution in [1.29, 1.82) is 0 Å². The number of furan rings is 1. The number of aromatic nitrogens is 1. The maximum absolute atomic E-state index is 11.6. The van der Waals surface area contributed by atoms with Gasteiger partial charge in [0.15, 0.2) is 5.76 Å². The molecule has 4 rings (SSSR count). The van der Waals surface area contributed by atoms with E-state index in [9.17, 15) is 4.79 Å². The lowest BCUT2D eigenvalue weighted by Crippen LogP contribution is -2.18. The van der Waals surface area contributed by atoms with Crippen molar-refractivity contribution in [2.24, 2.45) is 10.1 Å². The largest absolute Gasteiger partial charge is 0.465 e. The maximum atomic E-state index is 11.6. The number of rotatable bonds is 5. The van der Waals surface area contributed by atoms with E-state index in [1.165, 1.54) is 26.4 Å². The molecule has 0 N–H and O–H groups in total. The van der Waals surface area contributed by atoms with Gasteiger partial charge in [0.2, 0.25) is 4.80 Å². The Labute approximate surface area is 173 Å². The van der Waals surface area contributed by atoms with Crippen LogP contribution in [-0.2, 0) is 4.74 Å². The van der Waals surface area contributed by atoms with Gasteiger partial charge in [0, 0.05) is 5.38 Å². The van der Waals surface area contributed by atoms with Crippen molar-refractivity contribution >= 4 is 23.5 Å². The van der Waals surface area contributed by atoms with Crippen LogP contribution in [0.1, 0.15) is 48.0 Å². The van der Waals surface area contributed by atoms with E-state index in [2.05, 4.69) is 5.10 Å². The standard InChI is InChI=1S/C22H23N3O3S/c1-27-21(26)17-11-9-16(10-12-17)14-23-25-19(20-8-5-13-28-20)15-29-22(25)24-18-6-3-2-4-7-18/h5,8-15,18H,2-4,6-7H2,1H3/b23-14-,24-22?. The van der Waals surface area contributed by atoms with Crippen molar-refractivity contribution < 1.29 is 13.9 Å². The summed E-state index contributed by atoms with van der Waals surface area (Å²) in [5.74, 6) is 0.402. The summed E-state index contributed by atoms with van der Waals surface area (Å²) in [6.45, 7) is 0. The normalized spacial score (nSPS) is 15.8. The smallest absolute Gasteiger partial charge is 0.337 e. The summed E-state index contributed by atoms with van der Waals surface area (Å²) in [6.07, 6.45) is 9.46. The molecule has 7 heteroatoms. The average Bonchev–Trinajstić information content (AvgIpc) is 3.43. The van der Waals surface area contributed by atoms with Crippen molar-refractivity contribution in [2.75, 3.05) is 7.11 Å². The fraction of sp³-hybridized carbons (Fsp3) is 0.318. The minimum absolute atomic E-state index is 0.352. The molecule has 1 saturated carbocycles. The van der Waals surface area contributed by atoms with Gasteiger partial charge < -0.3 is 9.15 Å². The van der Waals surface area contributed by atoms with Crippen LogP contribution in [0.15, 0.2) is 62.6 Å². The minimum atomic E-state index is -0.352. The van der Waals surface area contributed by atoms with E-state index in [-0.39, 0.29) is 5.97 Å². The summed E-state index contributed by atoms with van der Waals surface area (Å²) in [4.78, 5) is 17.4. The minimum Gasteiger partial charge on any atom is -0.465 e. The van der Waals surface area contributed by atoms with E-state index >= 15 is 0 Å². The Morgan fingerprint density at radius 1 is 1.21 bits per heavy atom. The molecule has 1 aliphatic rings. The second kappa shape index (κ2) is 9.05. The molecule has 0 radical (unpaired) electrons. The molecular weight excluding hydrogens is 386 g/mol. The highest BCUT2D eigenvalue weighted by molar-refractivity contribution is 7.07. The van der Waals surface area contributed by atoms with Crippen molar-refractivity contribution in [3.8, 4) is 11.5 Å². The van der Waals surface area contributed by atoms with E-state index in [0.29, 0.717) is 11.6 Å². The maximum Gasteiger partial charge on any atom is 0.337 e. The number of esters is 1. The number of methoxy groups -OCH3 is 1. The molecule has 3 aromatic rings. The lowest BCUT2D eigenvalue weighted by atomic mass is 9.96. The van der Waals surface area contributed by atoms with Crippen LogP contribution in [0.25, 0.3) is 11.5 Å². The quantitative estimate of drug-likeness (QED) is 0.453. The zero-order chi connectivity index (χ0) is 20.1. The lowest BCUT2D eigenvalue weighted by Gasteiger charge is -2.16. The van der Waals surface area contributed by atoms with E-state index in [0.717, 1.165) is 34.7 Å². The number of carbonyl (C=O) groups is 1. The number of nitrogens with zero attached hydrogens (tertiary/aromatic N) is 3.